The highest BCUT2D eigenvalue weighted by molar-refractivity contribution is 5.96. The highest BCUT2D eigenvalue weighted by Crippen LogP contribution is 2.27. The molecule has 0 saturated heterocycles. The molecule has 2 heterocycles. The average Bonchev–Trinajstić information content (AvgIpc) is 2.84. The minimum absolute atomic E-state index is 0.0368. The Hall–Kier alpha value is -2.62. The molecule has 0 saturated carbocycles. The van der Waals surface area contributed by atoms with Gasteiger partial charge in [-0.25, -0.2) is 4.98 Å². The lowest BCUT2D eigenvalue weighted by Gasteiger charge is -2.11. The van der Waals surface area contributed by atoms with E-state index in [1.54, 1.807) is 19.2 Å². The predicted molar refractivity (Wildman–Crippen MR) is 85.6 cm³/mol. The van der Waals surface area contributed by atoms with E-state index in [-0.39, 0.29) is 12.3 Å². The Balaban J connectivity index is 1.92. The van der Waals surface area contributed by atoms with Crippen LogP contribution in [0.15, 0.2) is 42.6 Å². The van der Waals surface area contributed by atoms with Gasteiger partial charge >= 0.3 is 0 Å². The molecule has 4 heteroatoms. The lowest BCUT2D eigenvalue weighted by molar-refractivity contribution is 0.0972. The lowest BCUT2D eigenvalue weighted by atomic mass is 10.1. The van der Waals surface area contributed by atoms with Gasteiger partial charge in [-0.05, 0) is 43.7 Å². The molecule has 2 aliphatic rings. The van der Waals surface area contributed by atoms with Crippen LogP contribution in [0.1, 0.15) is 21.6 Å². The normalized spacial score (nSPS) is 10.9. The molecule has 0 atom stereocenters. The number of fused-ring (bicyclic) bond motifs is 1. The lowest BCUT2D eigenvalue weighted by Crippen LogP contribution is -2.13. The van der Waals surface area contributed by atoms with Crippen LogP contribution in [0.25, 0.3) is 11.4 Å². The molecule has 22 heavy (non-hydrogen) atoms. The van der Waals surface area contributed by atoms with Crippen molar-refractivity contribution in [1.82, 2.24) is 9.55 Å². The number of methoxy groups -OCH3 is 1. The van der Waals surface area contributed by atoms with Crippen molar-refractivity contribution in [2.75, 3.05) is 7.11 Å². The second-order valence-corrected chi connectivity index (χ2v) is 5.35. The van der Waals surface area contributed by atoms with Gasteiger partial charge in [0.25, 0.3) is 0 Å². The standard InChI is InChI=1S/C18H18N2O2/c1-12-13(2)19-18-16(12)8-5-9-20(18)11-17(21)14-6-4-7-15(10-14)22-3/h4-10H,11H2,1-3H3. The number of pyridine rings is 1. The largest absolute Gasteiger partial charge is 0.497 e. The molecule has 1 aromatic carbocycles. The maximum atomic E-state index is 12.5. The van der Waals surface area contributed by atoms with Crippen molar-refractivity contribution in [1.29, 1.82) is 0 Å². The van der Waals surface area contributed by atoms with Gasteiger partial charge in [0.2, 0.25) is 0 Å². The molecule has 1 aromatic rings. The number of carbonyl (C=O) groups excluding carboxylic acids is 1. The summed E-state index contributed by atoms with van der Waals surface area (Å²) in [7, 11) is 1.60. The molecule has 0 amide bonds. The molecule has 0 N–H and O–H groups in total. The molecule has 0 spiro atoms. The third-order valence-corrected chi connectivity index (χ3v) is 3.97. The molecule has 0 aliphatic carbocycles. The fraction of sp³-hybridized carbons (Fsp3) is 0.222. The molecule has 4 nitrogen and oxygen atoms in total. The molecule has 0 radical (unpaired) electrons. The van der Waals surface area contributed by atoms with E-state index in [9.17, 15) is 4.79 Å². The zero-order valence-electron chi connectivity index (χ0n) is 13.0. The number of benzene rings is 1. The van der Waals surface area contributed by atoms with Crippen LogP contribution in [-0.4, -0.2) is 22.4 Å². The molecule has 0 aromatic heterocycles. The quantitative estimate of drug-likeness (QED) is 0.692. The summed E-state index contributed by atoms with van der Waals surface area (Å²) in [5.74, 6) is 1.58. The van der Waals surface area contributed by atoms with E-state index in [1.165, 1.54) is 0 Å². The number of ether oxygens (including phenoxy) is 1. The van der Waals surface area contributed by atoms with Gasteiger partial charge in [-0.2, -0.15) is 0 Å². The zero-order chi connectivity index (χ0) is 15.7. The fourth-order valence-corrected chi connectivity index (χ4v) is 2.57. The van der Waals surface area contributed by atoms with E-state index >= 15 is 0 Å². The Morgan fingerprint density at radius 2 is 2.05 bits per heavy atom. The first-order chi connectivity index (χ1) is 10.6. The van der Waals surface area contributed by atoms with Gasteiger partial charge in [0.05, 0.1) is 13.7 Å². The number of hydrogen-bond acceptors (Lipinski definition) is 3. The summed E-state index contributed by atoms with van der Waals surface area (Å²) in [6.07, 6.45) is 1.90. The number of Topliss-reactive ketones (excluding diaryl/α,β-unsaturated/α-hetero) is 1. The van der Waals surface area contributed by atoms with E-state index in [0.717, 1.165) is 22.6 Å². The molecule has 0 bridgehead atoms. The number of nitrogens with zero attached hydrogens (tertiary/aromatic N) is 2. The first kappa shape index (κ1) is 14.3. The summed E-state index contributed by atoms with van der Waals surface area (Å²) in [4.78, 5) is 17.1. The van der Waals surface area contributed by atoms with Gasteiger partial charge in [0, 0.05) is 23.0 Å². The third kappa shape index (κ3) is 2.48. The monoisotopic (exact) mass is 294 g/mol. The Kier molecular flexibility index (Phi) is 3.67. The maximum Gasteiger partial charge on any atom is 0.182 e. The number of ketones is 1. The van der Waals surface area contributed by atoms with Crippen LogP contribution in [0, 0.1) is 13.8 Å². The molecule has 3 rings (SSSR count). The van der Waals surface area contributed by atoms with Gasteiger partial charge in [-0.1, -0.05) is 12.1 Å². The van der Waals surface area contributed by atoms with Crippen LogP contribution in [0.5, 0.6) is 5.75 Å². The van der Waals surface area contributed by atoms with E-state index in [2.05, 4.69) is 11.9 Å². The third-order valence-electron chi connectivity index (χ3n) is 3.97. The van der Waals surface area contributed by atoms with Crippen molar-refractivity contribution in [2.24, 2.45) is 0 Å². The second kappa shape index (κ2) is 5.64. The Labute approximate surface area is 129 Å². The Morgan fingerprint density at radius 3 is 2.82 bits per heavy atom. The SMILES string of the molecule is COc1cccc(C(=O)Cn2cccc3c(C)c(C)nc2-3)c1. The summed E-state index contributed by atoms with van der Waals surface area (Å²) in [6, 6.07) is 11.2. The number of hydrogen-bond donors (Lipinski definition) is 0. The maximum absolute atomic E-state index is 12.5. The molecule has 2 aliphatic heterocycles. The summed E-state index contributed by atoms with van der Waals surface area (Å²) >= 11 is 0. The number of aromatic nitrogens is 2. The first-order valence-electron chi connectivity index (χ1n) is 7.19. The van der Waals surface area contributed by atoms with E-state index in [0.29, 0.717) is 11.3 Å². The van der Waals surface area contributed by atoms with Crippen molar-refractivity contribution >= 4 is 5.78 Å². The van der Waals surface area contributed by atoms with Gasteiger partial charge in [0.1, 0.15) is 11.6 Å². The summed E-state index contributed by atoms with van der Waals surface area (Å²) in [5, 5.41) is 0. The first-order valence-corrected chi connectivity index (χ1v) is 7.19. The fourth-order valence-electron chi connectivity index (χ4n) is 2.57. The number of aryl methyl sites for hydroxylation is 1. The van der Waals surface area contributed by atoms with Crippen molar-refractivity contribution in [3.8, 4) is 17.1 Å². The van der Waals surface area contributed by atoms with Crippen molar-refractivity contribution in [2.45, 2.75) is 20.4 Å². The smallest absolute Gasteiger partial charge is 0.182 e. The molecular weight excluding hydrogens is 276 g/mol. The van der Waals surface area contributed by atoms with Gasteiger partial charge in [-0.3, -0.25) is 4.79 Å². The summed E-state index contributed by atoms with van der Waals surface area (Å²) in [6.45, 7) is 4.31. The molecule has 0 unspecified atom stereocenters. The topological polar surface area (TPSA) is 44.1 Å². The van der Waals surface area contributed by atoms with Gasteiger partial charge in [0.15, 0.2) is 5.78 Å². The minimum atomic E-state index is 0.0368. The number of rotatable bonds is 4. The van der Waals surface area contributed by atoms with Crippen LogP contribution in [0.3, 0.4) is 0 Å². The van der Waals surface area contributed by atoms with E-state index in [4.69, 9.17) is 4.74 Å². The van der Waals surface area contributed by atoms with Crippen LogP contribution in [-0.2, 0) is 6.54 Å². The summed E-state index contributed by atoms with van der Waals surface area (Å²) in [5.41, 5.74) is 3.91. The Bertz CT molecular complexity index is 805. The van der Waals surface area contributed by atoms with Crippen LogP contribution < -0.4 is 4.74 Å². The molecule has 0 fully saturated rings. The second-order valence-electron chi connectivity index (χ2n) is 5.35. The van der Waals surface area contributed by atoms with Gasteiger partial charge < -0.3 is 9.30 Å². The number of carbonyl (C=O) groups is 1. The zero-order valence-corrected chi connectivity index (χ0v) is 13.0. The predicted octanol–water partition coefficient (Wildman–Crippen LogP) is 3.50. The van der Waals surface area contributed by atoms with E-state index in [1.807, 2.05) is 42.0 Å². The van der Waals surface area contributed by atoms with E-state index < -0.39 is 0 Å². The Morgan fingerprint density at radius 1 is 1.23 bits per heavy atom. The van der Waals surface area contributed by atoms with Crippen LogP contribution >= 0.6 is 0 Å². The van der Waals surface area contributed by atoms with Crippen molar-refractivity contribution in [3.63, 3.8) is 0 Å². The van der Waals surface area contributed by atoms with Crippen LogP contribution in [0.4, 0.5) is 0 Å². The highest BCUT2D eigenvalue weighted by Gasteiger charge is 2.17. The summed E-state index contributed by atoms with van der Waals surface area (Å²) < 4.78 is 7.07. The van der Waals surface area contributed by atoms with Crippen molar-refractivity contribution in [3.05, 3.63) is 59.4 Å². The highest BCUT2D eigenvalue weighted by atomic mass is 16.5. The molecule has 112 valence electrons. The van der Waals surface area contributed by atoms with Crippen molar-refractivity contribution < 1.29 is 9.53 Å². The average molecular weight is 294 g/mol. The minimum Gasteiger partial charge on any atom is -0.497 e. The molecular formula is C18H18N2O2. The van der Waals surface area contributed by atoms with Crippen LogP contribution in [0.2, 0.25) is 0 Å². The van der Waals surface area contributed by atoms with Gasteiger partial charge in [-0.15, -0.1) is 0 Å².